The van der Waals surface area contributed by atoms with Crippen LogP contribution in [0.15, 0.2) is 36.0 Å². The van der Waals surface area contributed by atoms with Gasteiger partial charge in [0.25, 0.3) is 5.91 Å². The van der Waals surface area contributed by atoms with Crippen molar-refractivity contribution in [1.82, 2.24) is 5.32 Å². The SMILES string of the molecule is CC(NC(=O)/C(C#N)=C\Nc1cccc(N(C)C)c1)C12CC3CC(CC(C3)C1)C2. The molecule has 1 aromatic rings. The maximum Gasteiger partial charge on any atom is 0.263 e. The number of carbonyl (C=O) groups is 1. The van der Waals surface area contributed by atoms with Crippen molar-refractivity contribution in [1.29, 1.82) is 5.26 Å². The highest BCUT2D eigenvalue weighted by atomic mass is 16.1. The molecule has 5 nitrogen and oxygen atoms in total. The fourth-order valence-corrected chi connectivity index (χ4v) is 6.31. The van der Waals surface area contributed by atoms with E-state index in [0.29, 0.717) is 0 Å². The van der Waals surface area contributed by atoms with Crippen molar-refractivity contribution in [2.24, 2.45) is 23.2 Å². The first-order valence-electron chi connectivity index (χ1n) is 10.8. The molecule has 0 aromatic heterocycles. The fourth-order valence-electron chi connectivity index (χ4n) is 6.31. The Hall–Kier alpha value is -2.48. The highest BCUT2D eigenvalue weighted by molar-refractivity contribution is 5.97. The molecule has 4 aliphatic carbocycles. The van der Waals surface area contributed by atoms with Crippen LogP contribution in [-0.2, 0) is 4.79 Å². The van der Waals surface area contributed by atoms with E-state index in [2.05, 4.69) is 23.6 Å². The summed E-state index contributed by atoms with van der Waals surface area (Å²) in [6.07, 6.45) is 9.40. The van der Waals surface area contributed by atoms with Gasteiger partial charge in [-0.3, -0.25) is 4.79 Å². The number of anilines is 2. The number of nitrogens with zero attached hydrogens (tertiary/aromatic N) is 2. The third-order valence-corrected chi connectivity index (χ3v) is 7.46. The van der Waals surface area contributed by atoms with Crippen molar-refractivity contribution in [2.75, 3.05) is 24.3 Å². The summed E-state index contributed by atoms with van der Waals surface area (Å²) in [5, 5.41) is 15.8. The van der Waals surface area contributed by atoms with E-state index in [1.54, 1.807) is 0 Å². The first-order valence-corrected chi connectivity index (χ1v) is 10.8. The van der Waals surface area contributed by atoms with Crippen molar-refractivity contribution in [3.05, 3.63) is 36.0 Å². The molecule has 4 aliphatic rings. The minimum absolute atomic E-state index is 0.109. The zero-order valence-corrected chi connectivity index (χ0v) is 17.7. The molecule has 29 heavy (non-hydrogen) atoms. The molecule has 4 saturated carbocycles. The fraction of sp³-hybridized carbons (Fsp3) is 0.583. The molecule has 1 amide bonds. The molecule has 1 atom stereocenters. The topological polar surface area (TPSA) is 68.2 Å². The lowest BCUT2D eigenvalue weighted by molar-refractivity contribution is -0.122. The Bertz CT molecular complexity index is 815. The highest BCUT2D eigenvalue weighted by Crippen LogP contribution is 2.61. The van der Waals surface area contributed by atoms with Gasteiger partial charge in [0, 0.05) is 37.7 Å². The predicted octanol–water partition coefficient (Wildman–Crippen LogP) is 4.29. The van der Waals surface area contributed by atoms with Crippen LogP contribution in [0.5, 0.6) is 0 Å². The summed E-state index contributed by atoms with van der Waals surface area (Å²) in [5.74, 6) is 2.26. The van der Waals surface area contributed by atoms with E-state index in [4.69, 9.17) is 0 Å². The van der Waals surface area contributed by atoms with Crippen LogP contribution in [0.1, 0.15) is 45.4 Å². The van der Waals surface area contributed by atoms with Gasteiger partial charge in [0.1, 0.15) is 11.6 Å². The van der Waals surface area contributed by atoms with Gasteiger partial charge in [-0.05, 0) is 86.8 Å². The number of benzene rings is 1. The summed E-state index contributed by atoms with van der Waals surface area (Å²) in [6.45, 7) is 2.15. The Morgan fingerprint density at radius 1 is 1.21 bits per heavy atom. The summed E-state index contributed by atoms with van der Waals surface area (Å²) in [4.78, 5) is 14.8. The summed E-state index contributed by atoms with van der Waals surface area (Å²) in [7, 11) is 3.96. The molecular formula is C24H32N4O. The number of hydrogen-bond donors (Lipinski definition) is 2. The monoisotopic (exact) mass is 392 g/mol. The molecule has 0 saturated heterocycles. The third-order valence-electron chi connectivity index (χ3n) is 7.46. The highest BCUT2D eigenvalue weighted by Gasteiger charge is 2.53. The molecule has 154 valence electrons. The Labute approximate surface area is 174 Å². The summed E-state index contributed by atoms with van der Waals surface area (Å²) >= 11 is 0. The van der Waals surface area contributed by atoms with Gasteiger partial charge in [-0.2, -0.15) is 5.26 Å². The van der Waals surface area contributed by atoms with E-state index >= 15 is 0 Å². The van der Waals surface area contributed by atoms with E-state index in [1.165, 1.54) is 44.7 Å². The number of hydrogen-bond acceptors (Lipinski definition) is 4. The number of rotatable bonds is 6. The molecule has 0 heterocycles. The third kappa shape index (κ3) is 3.99. The molecule has 4 fully saturated rings. The second-order valence-electron chi connectivity index (χ2n) is 9.73. The van der Waals surface area contributed by atoms with Gasteiger partial charge in [0.05, 0.1) is 0 Å². The van der Waals surface area contributed by atoms with Gasteiger partial charge in [-0.1, -0.05) is 6.07 Å². The molecule has 1 aromatic carbocycles. The summed E-state index contributed by atoms with van der Waals surface area (Å²) in [5.41, 5.74) is 2.27. The van der Waals surface area contributed by atoms with Gasteiger partial charge < -0.3 is 15.5 Å². The lowest BCUT2D eigenvalue weighted by Crippen LogP contribution is -2.56. The molecule has 5 rings (SSSR count). The van der Waals surface area contributed by atoms with Crippen molar-refractivity contribution in [2.45, 2.75) is 51.5 Å². The van der Waals surface area contributed by atoms with Crippen LogP contribution in [0.4, 0.5) is 11.4 Å². The lowest BCUT2D eigenvalue weighted by Gasteiger charge is -2.59. The average Bonchev–Trinajstić information content (AvgIpc) is 2.67. The van der Waals surface area contributed by atoms with Gasteiger partial charge in [0.15, 0.2) is 0 Å². The van der Waals surface area contributed by atoms with E-state index in [9.17, 15) is 10.1 Å². The second kappa shape index (κ2) is 7.74. The van der Waals surface area contributed by atoms with Gasteiger partial charge in [0.2, 0.25) is 0 Å². The first-order chi connectivity index (χ1) is 13.9. The van der Waals surface area contributed by atoms with E-state index in [0.717, 1.165) is 29.1 Å². The summed E-state index contributed by atoms with van der Waals surface area (Å²) < 4.78 is 0. The quantitative estimate of drug-likeness (QED) is 0.560. The maximum atomic E-state index is 12.8. The van der Waals surface area contributed by atoms with Gasteiger partial charge in [-0.15, -0.1) is 0 Å². The maximum absolute atomic E-state index is 12.8. The van der Waals surface area contributed by atoms with E-state index < -0.39 is 0 Å². The van der Waals surface area contributed by atoms with Crippen LogP contribution >= 0.6 is 0 Å². The zero-order valence-electron chi connectivity index (χ0n) is 17.7. The van der Waals surface area contributed by atoms with Crippen LogP contribution in [0.25, 0.3) is 0 Å². The second-order valence-corrected chi connectivity index (χ2v) is 9.73. The standard InChI is InChI=1S/C24H32N4O/c1-16(24-11-17-7-18(12-24)9-19(8-17)13-24)27-23(29)20(14-25)15-26-21-5-4-6-22(10-21)28(2)3/h4-6,10,15-19,26H,7-9,11-13H2,1-3H3,(H,27,29)/b20-15-. The van der Waals surface area contributed by atoms with Crippen LogP contribution in [0, 0.1) is 34.5 Å². The molecule has 0 radical (unpaired) electrons. The Morgan fingerprint density at radius 3 is 2.38 bits per heavy atom. The Kier molecular flexibility index (Phi) is 5.29. The summed E-state index contributed by atoms with van der Waals surface area (Å²) in [6, 6.07) is 10.1. The molecule has 1 unspecified atom stereocenters. The first kappa shape index (κ1) is 19.8. The number of carbonyl (C=O) groups excluding carboxylic acids is 1. The smallest absolute Gasteiger partial charge is 0.263 e. The van der Waals surface area contributed by atoms with E-state index in [1.807, 2.05) is 43.3 Å². The van der Waals surface area contributed by atoms with Crippen LogP contribution in [0.2, 0.25) is 0 Å². The van der Waals surface area contributed by atoms with Crippen molar-refractivity contribution < 1.29 is 4.79 Å². The normalized spacial score (nSPS) is 31.1. The molecule has 5 heteroatoms. The molecule has 2 N–H and O–H groups in total. The minimum Gasteiger partial charge on any atom is -0.378 e. The molecular weight excluding hydrogens is 360 g/mol. The number of nitrogens with one attached hydrogen (secondary N) is 2. The minimum atomic E-state index is -0.271. The van der Waals surface area contributed by atoms with Crippen molar-refractivity contribution >= 4 is 17.3 Å². The van der Waals surface area contributed by atoms with Gasteiger partial charge >= 0.3 is 0 Å². The van der Waals surface area contributed by atoms with Crippen LogP contribution in [0.3, 0.4) is 0 Å². The van der Waals surface area contributed by atoms with Crippen molar-refractivity contribution in [3.8, 4) is 6.07 Å². The lowest BCUT2D eigenvalue weighted by atomic mass is 9.48. The Morgan fingerprint density at radius 2 is 1.83 bits per heavy atom. The number of amides is 1. The van der Waals surface area contributed by atoms with Gasteiger partial charge in [-0.25, -0.2) is 0 Å². The van der Waals surface area contributed by atoms with Crippen LogP contribution in [-0.4, -0.2) is 26.0 Å². The van der Waals surface area contributed by atoms with Crippen molar-refractivity contribution in [3.63, 3.8) is 0 Å². The average molecular weight is 393 g/mol. The molecule has 4 bridgehead atoms. The van der Waals surface area contributed by atoms with E-state index in [-0.39, 0.29) is 22.9 Å². The Balaban J connectivity index is 1.42. The predicted molar refractivity (Wildman–Crippen MR) is 116 cm³/mol. The molecule has 0 spiro atoms. The molecule has 0 aliphatic heterocycles. The zero-order chi connectivity index (χ0) is 20.6. The largest absolute Gasteiger partial charge is 0.378 e. The van der Waals surface area contributed by atoms with Crippen LogP contribution < -0.4 is 15.5 Å². The number of nitriles is 1.